The zero-order valence-electron chi connectivity index (χ0n) is 13.7. The number of hydrogen-bond donors (Lipinski definition) is 1. The third-order valence-corrected chi connectivity index (χ3v) is 3.90. The molecule has 5 heteroatoms. The average molecular weight is 341 g/mol. The largest absolute Gasteiger partial charge is 0.464 e. The topological polar surface area (TPSA) is 51.2 Å². The number of methoxy groups -OCH3 is 1. The molecule has 0 spiro atoms. The molecule has 0 unspecified atom stereocenters. The van der Waals surface area contributed by atoms with E-state index in [1.54, 1.807) is 18.2 Å². The molecule has 1 heterocycles. The van der Waals surface area contributed by atoms with Crippen molar-refractivity contribution in [3.05, 3.63) is 64.3 Å². The van der Waals surface area contributed by atoms with Crippen molar-refractivity contribution in [3.63, 3.8) is 0 Å². The van der Waals surface area contributed by atoms with Gasteiger partial charge in [0.25, 0.3) is 0 Å². The number of carbonyl (C=O) groups is 1. The van der Waals surface area contributed by atoms with E-state index in [2.05, 4.69) is 16.4 Å². The van der Waals surface area contributed by atoms with E-state index in [0.29, 0.717) is 10.5 Å². The van der Waals surface area contributed by atoms with Crippen LogP contribution in [0.3, 0.4) is 0 Å². The van der Waals surface area contributed by atoms with Crippen LogP contribution < -0.4 is 5.32 Å². The first-order chi connectivity index (χ1) is 11.5. The number of pyridine rings is 1. The summed E-state index contributed by atoms with van der Waals surface area (Å²) in [4.78, 5) is 16.2. The van der Waals surface area contributed by atoms with Gasteiger partial charge in [0, 0.05) is 16.1 Å². The first-order valence-corrected chi connectivity index (χ1v) is 7.88. The molecule has 2 aromatic carbocycles. The van der Waals surface area contributed by atoms with Crippen LogP contribution >= 0.6 is 11.6 Å². The summed E-state index contributed by atoms with van der Waals surface area (Å²) in [6.45, 7) is 4.08. The highest BCUT2D eigenvalue weighted by Crippen LogP contribution is 2.29. The zero-order valence-corrected chi connectivity index (χ0v) is 14.4. The molecule has 0 bridgehead atoms. The fourth-order valence-electron chi connectivity index (χ4n) is 2.71. The molecule has 1 aromatic heterocycles. The molecule has 3 rings (SSSR count). The molecule has 122 valence electrons. The highest BCUT2D eigenvalue weighted by Gasteiger charge is 2.13. The predicted molar refractivity (Wildman–Crippen MR) is 97.3 cm³/mol. The lowest BCUT2D eigenvalue weighted by atomic mass is 10.1. The Bertz CT molecular complexity index is 918. The van der Waals surface area contributed by atoms with E-state index in [1.807, 2.05) is 32.0 Å². The number of nitrogens with zero attached hydrogens (tertiary/aromatic N) is 1. The summed E-state index contributed by atoms with van der Waals surface area (Å²) in [6.07, 6.45) is 0. The molecule has 1 N–H and O–H groups in total. The normalized spacial score (nSPS) is 10.7. The molecule has 0 saturated heterocycles. The molecule has 0 amide bonds. The number of rotatable bonds is 3. The standard InChI is InChI=1S/C19H17ClN2O2/c1-11-6-12(2)8-14(7-11)21-17-10-18(19(23)24-3)22-16-5-4-13(20)9-15(16)17/h4-10H,1-3H3,(H,21,22). The van der Waals surface area contributed by atoms with Gasteiger partial charge < -0.3 is 10.1 Å². The average Bonchev–Trinajstić information content (AvgIpc) is 2.53. The fourth-order valence-corrected chi connectivity index (χ4v) is 2.89. The number of ether oxygens (including phenoxy) is 1. The molecular formula is C19H17ClN2O2. The number of carbonyl (C=O) groups excluding carboxylic acids is 1. The number of esters is 1. The second-order valence-corrected chi connectivity index (χ2v) is 6.15. The van der Waals surface area contributed by atoms with Crippen LogP contribution in [0.15, 0.2) is 42.5 Å². The Morgan fingerprint density at radius 2 is 1.79 bits per heavy atom. The Labute approximate surface area is 145 Å². The molecule has 0 aliphatic rings. The summed E-state index contributed by atoms with van der Waals surface area (Å²) in [5, 5.41) is 4.82. The molecule has 0 radical (unpaired) electrons. The van der Waals surface area contributed by atoms with Gasteiger partial charge in [-0.05, 0) is 61.4 Å². The van der Waals surface area contributed by atoms with Gasteiger partial charge >= 0.3 is 5.97 Å². The van der Waals surface area contributed by atoms with E-state index in [0.717, 1.165) is 27.9 Å². The molecular weight excluding hydrogens is 324 g/mol. The van der Waals surface area contributed by atoms with E-state index < -0.39 is 5.97 Å². The number of aromatic nitrogens is 1. The smallest absolute Gasteiger partial charge is 0.356 e. The minimum absolute atomic E-state index is 0.249. The minimum atomic E-state index is -0.477. The SMILES string of the molecule is COC(=O)c1cc(Nc2cc(C)cc(C)c2)c2cc(Cl)ccc2n1. The van der Waals surface area contributed by atoms with Crippen LogP contribution in [0.1, 0.15) is 21.6 Å². The maximum Gasteiger partial charge on any atom is 0.356 e. The number of anilines is 2. The number of nitrogens with one attached hydrogen (secondary N) is 1. The van der Waals surface area contributed by atoms with Gasteiger partial charge in [0.15, 0.2) is 5.69 Å². The molecule has 3 aromatic rings. The van der Waals surface area contributed by atoms with Crippen molar-refractivity contribution in [1.82, 2.24) is 4.98 Å². The molecule has 0 atom stereocenters. The third kappa shape index (κ3) is 3.34. The van der Waals surface area contributed by atoms with Gasteiger partial charge in [0.1, 0.15) is 0 Å². The van der Waals surface area contributed by atoms with Crippen molar-refractivity contribution in [2.75, 3.05) is 12.4 Å². The van der Waals surface area contributed by atoms with Crippen LogP contribution in [0.2, 0.25) is 5.02 Å². The summed E-state index contributed by atoms with van der Waals surface area (Å²) >= 11 is 6.13. The van der Waals surface area contributed by atoms with Gasteiger partial charge in [-0.2, -0.15) is 0 Å². The van der Waals surface area contributed by atoms with Crippen LogP contribution in [0.4, 0.5) is 11.4 Å². The van der Waals surface area contributed by atoms with Crippen molar-refractivity contribution in [2.45, 2.75) is 13.8 Å². The van der Waals surface area contributed by atoms with Crippen LogP contribution in [0.5, 0.6) is 0 Å². The summed E-state index contributed by atoms with van der Waals surface area (Å²) in [5.41, 5.74) is 4.93. The van der Waals surface area contributed by atoms with Crippen LogP contribution in [-0.2, 0) is 4.74 Å². The summed E-state index contributed by atoms with van der Waals surface area (Å²) in [7, 11) is 1.34. The molecule has 0 aliphatic carbocycles. The van der Waals surface area contributed by atoms with Crippen molar-refractivity contribution in [2.24, 2.45) is 0 Å². The predicted octanol–water partition coefficient (Wildman–Crippen LogP) is 5.04. The number of halogens is 1. The van der Waals surface area contributed by atoms with E-state index in [1.165, 1.54) is 7.11 Å². The maximum atomic E-state index is 11.9. The Hall–Kier alpha value is -2.59. The second kappa shape index (κ2) is 6.49. The number of aryl methyl sites for hydroxylation is 2. The number of hydrogen-bond acceptors (Lipinski definition) is 4. The van der Waals surface area contributed by atoms with E-state index in [-0.39, 0.29) is 5.69 Å². The van der Waals surface area contributed by atoms with Crippen molar-refractivity contribution in [3.8, 4) is 0 Å². The fraction of sp³-hybridized carbons (Fsp3) is 0.158. The number of fused-ring (bicyclic) bond motifs is 1. The Kier molecular flexibility index (Phi) is 4.40. The summed E-state index contributed by atoms with van der Waals surface area (Å²) < 4.78 is 4.80. The highest BCUT2D eigenvalue weighted by molar-refractivity contribution is 6.31. The third-order valence-electron chi connectivity index (χ3n) is 3.67. The van der Waals surface area contributed by atoms with Crippen molar-refractivity contribution >= 4 is 39.8 Å². The lowest BCUT2D eigenvalue weighted by molar-refractivity contribution is 0.0594. The molecule has 0 aliphatic heterocycles. The van der Waals surface area contributed by atoms with Gasteiger partial charge in [-0.1, -0.05) is 17.7 Å². The lowest BCUT2D eigenvalue weighted by Gasteiger charge is -2.13. The second-order valence-electron chi connectivity index (χ2n) is 5.71. The Morgan fingerprint density at radius 3 is 2.46 bits per heavy atom. The van der Waals surface area contributed by atoms with E-state index in [9.17, 15) is 4.79 Å². The minimum Gasteiger partial charge on any atom is -0.464 e. The number of benzene rings is 2. The van der Waals surface area contributed by atoms with E-state index in [4.69, 9.17) is 16.3 Å². The molecule has 0 saturated carbocycles. The zero-order chi connectivity index (χ0) is 17.3. The lowest BCUT2D eigenvalue weighted by Crippen LogP contribution is -2.06. The van der Waals surface area contributed by atoms with Gasteiger partial charge in [0.2, 0.25) is 0 Å². The van der Waals surface area contributed by atoms with Gasteiger partial charge in [-0.3, -0.25) is 0 Å². The van der Waals surface area contributed by atoms with Gasteiger partial charge in [-0.25, -0.2) is 9.78 Å². The van der Waals surface area contributed by atoms with Crippen molar-refractivity contribution in [1.29, 1.82) is 0 Å². The Balaban J connectivity index is 2.16. The quantitative estimate of drug-likeness (QED) is 0.679. The van der Waals surface area contributed by atoms with Gasteiger partial charge in [0.05, 0.1) is 18.3 Å². The summed E-state index contributed by atoms with van der Waals surface area (Å²) in [6, 6.07) is 13.2. The maximum absolute atomic E-state index is 11.9. The van der Waals surface area contributed by atoms with Crippen LogP contribution in [0, 0.1) is 13.8 Å². The highest BCUT2D eigenvalue weighted by atomic mass is 35.5. The molecule has 0 fully saturated rings. The monoisotopic (exact) mass is 340 g/mol. The van der Waals surface area contributed by atoms with Gasteiger partial charge in [-0.15, -0.1) is 0 Å². The van der Waals surface area contributed by atoms with Crippen molar-refractivity contribution < 1.29 is 9.53 Å². The van der Waals surface area contributed by atoms with E-state index >= 15 is 0 Å². The van der Waals surface area contributed by atoms with Crippen LogP contribution in [0.25, 0.3) is 10.9 Å². The first kappa shape index (κ1) is 16.3. The first-order valence-electron chi connectivity index (χ1n) is 7.50. The van der Waals surface area contributed by atoms with Crippen LogP contribution in [-0.4, -0.2) is 18.1 Å². The molecule has 4 nitrogen and oxygen atoms in total. The Morgan fingerprint density at radius 1 is 1.08 bits per heavy atom. The molecule has 24 heavy (non-hydrogen) atoms. The summed E-state index contributed by atoms with van der Waals surface area (Å²) in [5.74, 6) is -0.477.